The Kier molecular flexibility index (Phi) is 4.35. The summed E-state index contributed by atoms with van der Waals surface area (Å²) in [5, 5.41) is 1.14. The number of aromatic nitrogens is 2. The van der Waals surface area contributed by atoms with Crippen molar-refractivity contribution >= 4 is 34.4 Å². The minimum atomic E-state index is -1.14. The Morgan fingerprint density at radius 2 is 2.22 bits per heavy atom. The molecule has 2 aromatic rings. The van der Waals surface area contributed by atoms with Gasteiger partial charge in [0.15, 0.2) is 0 Å². The Labute approximate surface area is 160 Å². The van der Waals surface area contributed by atoms with Crippen molar-refractivity contribution in [1.82, 2.24) is 19.8 Å². The number of hydrogen-bond donors (Lipinski definition) is 2. The first-order chi connectivity index (χ1) is 12.8. The Morgan fingerprint density at radius 1 is 1.48 bits per heavy atom. The molecule has 3 N–H and O–H groups in total. The standard InChI is InChI=1S/C18H21ClFN5O2/c1-8(2)15(18(27)24-6-9(20)3-13(24)21)25-7-11-12(19)5-23-16-14(11)10(4-22-16)17(25)26/h4-5,8-9,13,15H,3,6-7,21H2,1-2H3,(H,22,23)/t9-,13-,15+/m0/s1. The molecule has 2 aliphatic rings. The van der Waals surface area contributed by atoms with Crippen LogP contribution in [0.5, 0.6) is 0 Å². The number of alkyl halides is 1. The van der Waals surface area contributed by atoms with Gasteiger partial charge in [-0.05, 0) is 5.92 Å². The Morgan fingerprint density at radius 3 is 2.85 bits per heavy atom. The minimum Gasteiger partial charge on any atom is -0.345 e. The number of halogens is 2. The zero-order valence-electron chi connectivity index (χ0n) is 15.1. The van der Waals surface area contributed by atoms with E-state index in [1.165, 1.54) is 16.0 Å². The third-order valence-electron chi connectivity index (χ3n) is 5.37. The maximum Gasteiger partial charge on any atom is 0.257 e. The van der Waals surface area contributed by atoms with Crippen LogP contribution < -0.4 is 5.73 Å². The van der Waals surface area contributed by atoms with Crippen LogP contribution in [0, 0.1) is 5.92 Å². The first-order valence-corrected chi connectivity index (χ1v) is 9.33. The van der Waals surface area contributed by atoms with Gasteiger partial charge in [-0.2, -0.15) is 0 Å². The fraction of sp³-hybridized carbons (Fsp3) is 0.500. The van der Waals surface area contributed by atoms with Gasteiger partial charge in [0.05, 0.1) is 23.3 Å². The van der Waals surface area contributed by atoms with Crippen molar-refractivity contribution in [1.29, 1.82) is 0 Å². The van der Waals surface area contributed by atoms with Crippen LogP contribution in [0.25, 0.3) is 11.0 Å². The average Bonchev–Trinajstić information content (AvgIpc) is 3.18. The van der Waals surface area contributed by atoms with Gasteiger partial charge in [0.1, 0.15) is 17.9 Å². The van der Waals surface area contributed by atoms with Crippen molar-refractivity contribution in [3.63, 3.8) is 0 Å². The molecule has 4 rings (SSSR count). The van der Waals surface area contributed by atoms with E-state index in [1.807, 2.05) is 13.8 Å². The third-order valence-corrected chi connectivity index (χ3v) is 5.70. The number of nitrogens with two attached hydrogens (primary N) is 1. The summed E-state index contributed by atoms with van der Waals surface area (Å²) in [6.45, 7) is 3.88. The predicted octanol–water partition coefficient (Wildman–Crippen LogP) is 2.05. The van der Waals surface area contributed by atoms with E-state index in [9.17, 15) is 14.0 Å². The fourth-order valence-electron chi connectivity index (χ4n) is 4.10. The second kappa shape index (κ2) is 6.45. The van der Waals surface area contributed by atoms with Gasteiger partial charge in [-0.15, -0.1) is 0 Å². The van der Waals surface area contributed by atoms with E-state index in [1.54, 1.807) is 6.20 Å². The lowest BCUT2D eigenvalue weighted by atomic mass is 9.95. The highest BCUT2D eigenvalue weighted by molar-refractivity contribution is 6.32. The number of H-pyrrole nitrogens is 1. The number of carbonyl (C=O) groups excluding carboxylic acids is 2. The summed E-state index contributed by atoms with van der Waals surface area (Å²) in [4.78, 5) is 36.4. The van der Waals surface area contributed by atoms with E-state index in [0.29, 0.717) is 21.6 Å². The molecule has 0 aromatic carbocycles. The summed E-state index contributed by atoms with van der Waals surface area (Å²) in [7, 11) is 0. The van der Waals surface area contributed by atoms with Crippen molar-refractivity contribution in [2.24, 2.45) is 11.7 Å². The molecular weight excluding hydrogens is 373 g/mol. The number of carbonyl (C=O) groups is 2. The summed E-state index contributed by atoms with van der Waals surface area (Å²) >= 11 is 6.33. The van der Waals surface area contributed by atoms with Gasteiger partial charge in [0, 0.05) is 36.3 Å². The van der Waals surface area contributed by atoms with E-state index in [-0.39, 0.29) is 37.2 Å². The summed E-state index contributed by atoms with van der Waals surface area (Å²) < 4.78 is 13.7. The Hall–Kier alpha value is -2.19. The molecule has 0 radical (unpaired) electrons. The van der Waals surface area contributed by atoms with E-state index in [2.05, 4.69) is 9.97 Å². The second-order valence-electron chi connectivity index (χ2n) is 7.52. The number of aromatic amines is 1. The number of hydrogen-bond acceptors (Lipinski definition) is 4. The van der Waals surface area contributed by atoms with Gasteiger partial charge in [-0.25, -0.2) is 9.37 Å². The smallest absolute Gasteiger partial charge is 0.257 e. The zero-order valence-corrected chi connectivity index (χ0v) is 15.8. The molecule has 9 heteroatoms. The molecule has 0 saturated carbocycles. The fourth-order valence-corrected chi connectivity index (χ4v) is 4.30. The molecule has 2 aliphatic heterocycles. The van der Waals surface area contributed by atoms with Gasteiger partial charge in [0.25, 0.3) is 5.91 Å². The lowest BCUT2D eigenvalue weighted by Crippen LogP contribution is -2.56. The quantitative estimate of drug-likeness (QED) is 0.834. The Bertz CT molecular complexity index is 930. The first kappa shape index (κ1) is 18.2. The Balaban J connectivity index is 1.73. The number of nitrogens with one attached hydrogen (secondary N) is 1. The molecule has 2 amide bonds. The normalized spacial score (nSPS) is 23.6. The van der Waals surface area contributed by atoms with Gasteiger partial charge >= 0.3 is 0 Å². The van der Waals surface area contributed by atoms with Crippen LogP contribution in [0.1, 0.15) is 36.2 Å². The molecule has 0 bridgehead atoms. The molecule has 0 spiro atoms. The van der Waals surface area contributed by atoms with E-state index < -0.39 is 18.4 Å². The number of likely N-dealkylation sites (tertiary alicyclic amines) is 1. The van der Waals surface area contributed by atoms with Gasteiger partial charge in [-0.3, -0.25) is 9.59 Å². The largest absolute Gasteiger partial charge is 0.345 e. The van der Waals surface area contributed by atoms with Crippen molar-refractivity contribution in [2.45, 2.75) is 45.2 Å². The van der Waals surface area contributed by atoms with Crippen LogP contribution in [0.3, 0.4) is 0 Å². The summed E-state index contributed by atoms with van der Waals surface area (Å²) in [5.41, 5.74) is 7.73. The minimum absolute atomic E-state index is 0.0408. The molecule has 0 aliphatic carbocycles. The van der Waals surface area contributed by atoms with Gasteiger partial charge in [0.2, 0.25) is 5.91 Å². The van der Waals surface area contributed by atoms with Crippen LogP contribution in [0.4, 0.5) is 4.39 Å². The van der Waals surface area contributed by atoms with Crippen LogP contribution in [-0.2, 0) is 11.3 Å². The monoisotopic (exact) mass is 393 g/mol. The number of amides is 2. The molecule has 0 unspecified atom stereocenters. The van der Waals surface area contributed by atoms with Crippen molar-refractivity contribution in [3.8, 4) is 0 Å². The molecule has 4 heterocycles. The molecule has 144 valence electrons. The SMILES string of the molecule is CC(C)[C@H](C(=O)N1C[C@@H](F)C[C@H]1N)N1Cc2c(Cl)cnc3[nH]cc(c23)C1=O. The zero-order chi connectivity index (χ0) is 19.5. The van der Waals surface area contributed by atoms with Gasteiger partial charge < -0.3 is 20.5 Å². The highest BCUT2D eigenvalue weighted by Crippen LogP contribution is 2.35. The van der Waals surface area contributed by atoms with Crippen LogP contribution in [0.15, 0.2) is 12.4 Å². The number of nitrogens with zero attached hydrogens (tertiary/aromatic N) is 3. The third kappa shape index (κ3) is 2.78. The van der Waals surface area contributed by atoms with Crippen LogP contribution in [0.2, 0.25) is 5.02 Å². The lowest BCUT2D eigenvalue weighted by Gasteiger charge is -2.38. The topological polar surface area (TPSA) is 95.3 Å². The van der Waals surface area contributed by atoms with Crippen LogP contribution >= 0.6 is 11.6 Å². The van der Waals surface area contributed by atoms with E-state index >= 15 is 0 Å². The number of rotatable bonds is 3. The maximum absolute atomic E-state index is 13.7. The summed E-state index contributed by atoms with van der Waals surface area (Å²) in [6.07, 6.45) is 1.42. The van der Waals surface area contributed by atoms with E-state index in [4.69, 9.17) is 17.3 Å². The number of pyridine rings is 1. The van der Waals surface area contributed by atoms with Crippen molar-refractivity contribution in [2.75, 3.05) is 6.54 Å². The molecule has 3 atom stereocenters. The summed E-state index contributed by atoms with van der Waals surface area (Å²) in [6, 6.07) is -0.754. The van der Waals surface area contributed by atoms with Crippen molar-refractivity contribution in [3.05, 3.63) is 28.5 Å². The predicted molar refractivity (Wildman–Crippen MR) is 98.8 cm³/mol. The molecule has 1 fully saturated rings. The van der Waals surface area contributed by atoms with E-state index in [0.717, 1.165) is 5.56 Å². The highest BCUT2D eigenvalue weighted by atomic mass is 35.5. The lowest BCUT2D eigenvalue weighted by molar-refractivity contribution is -0.138. The van der Waals surface area contributed by atoms with Gasteiger partial charge in [-0.1, -0.05) is 25.4 Å². The maximum atomic E-state index is 13.7. The first-order valence-electron chi connectivity index (χ1n) is 8.95. The molecule has 2 aromatic heterocycles. The molecule has 1 saturated heterocycles. The molecule has 27 heavy (non-hydrogen) atoms. The molecule has 7 nitrogen and oxygen atoms in total. The van der Waals surface area contributed by atoms with Crippen LogP contribution in [-0.4, -0.2) is 56.5 Å². The van der Waals surface area contributed by atoms with Crippen molar-refractivity contribution < 1.29 is 14.0 Å². The highest BCUT2D eigenvalue weighted by Gasteiger charge is 2.43. The molecular formula is C18H21ClFN5O2. The summed E-state index contributed by atoms with van der Waals surface area (Å²) in [5.74, 6) is -0.773. The average molecular weight is 394 g/mol. The second-order valence-corrected chi connectivity index (χ2v) is 7.93.